The van der Waals surface area contributed by atoms with E-state index in [1.807, 2.05) is 19.1 Å². The summed E-state index contributed by atoms with van der Waals surface area (Å²) in [5.41, 5.74) is 1.07. The molecule has 0 aliphatic heterocycles. The largest absolute Gasteiger partial charge is 0.342 e. The Kier molecular flexibility index (Phi) is 6.77. The maximum atomic E-state index is 12.3. The van der Waals surface area contributed by atoms with Gasteiger partial charge < -0.3 is 4.90 Å². The third-order valence-electron chi connectivity index (χ3n) is 3.64. The van der Waals surface area contributed by atoms with Crippen molar-refractivity contribution in [1.29, 1.82) is 0 Å². The normalized spacial score (nSPS) is 12.2. The highest BCUT2D eigenvalue weighted by molar-refractivity contribution is 7.89. The maximum absolute atomic E-state index is 12.3. The first-order valence-corrected chi connectivity index (χ1v) is 9.42. The predicted octanol–water partition coefficient (Wildman–Crippen LogP) is 2.52. The van der Waals surface area contributed by atoms with Gasteiger partial charge in [-0.3, -0.25) is 4.79 Å². The van der Waals surface area contributed by atoms with Crippen LogP contribution in [0.2, 0.25) is 0 Å². The molecule has 0 atom stereocenters. The summed E-state index contributed by atoms with van der Waals surface area (Å²) in [7, 11) is -3.55. The molecule has 0 radical (unpaired) electrons. The SMILES string of the molecule is CCCN(CCNS(=O)(=O)c1ccc(C(C)(C)C)cc1)C(C)=O. The van der Waals surface area contributed by atoms with Gasteiger partial charge in [-0.15, -0.1) is 0 Å². The zero-order chi connectivity index (χ0) is 17.7. The minimum Gasteiger partial charge on any atom is -0.342 e. The smallest absolute Gasteiger partial charge is 0.240 e. The zero-order valence-corrected chi connectivity index (χ0v) is 15.5. The second-order valence-corrected chi connectivity index (χ2v) is 8.45. The molecule has 5 nitrogen and oxygen atoms in total. The van der Waals surface area contributed by atoms with E-state index in [-0.39, 0.29) is 22.8 Å². The summed E-state index contributed by atoms with van der Waals surface area (Å²) in [6.45, 7) is 10.9. The molecule has 0 saturated heterocycles. The molecule has 23 heavy (non-hydrogen) atoms. The molecule has 1 rings (SSSR count). The second kappa shape index (κ2) is 7.93. The van der Waals surface area contributed by atoms with Crippen LogP contribution in [0.1, 0.15) is 46.6 Å². The molecule has 1 N–H and O–H groups in total. The molecule has 0 spiro atoms. The first kappa shape index (κ1) is 19.6. The van der Waals surface area contributed by atoms with Gasteiger partial charge in [0.1, 0.15) is 0 Å². The fraction of sp³-hybridized carbons (Fsp3) is 0.588. The summed E-state index contributed by atoms with van der Waals surface area (Å²) in [6.07, 6.45) is 0.848. The van der Waals surface area contributed by atoms with Crippen LogP contribution < -0.4 is 4.72 Å². The molecule has 0 heterocycles. The van der Waals surface area contributed by atoms with E-state index < -0.39 is 10.0 Å². The molecule has 0 aromatic heterocycles. The fourth-order valence-electron chi connectivity index (χ4n) is 2.23. The quantitative estimate of drug-likeness (QED) is 0.829. The minimum absolute atomic E-state index is 0.0160. The fourth-order valence-corrected chi connectivity index (χ4v) is 3.25. The van der Waals surface area contributed by atoms with E-state index in [0.717, 1.165) is 12.0 Å². The summed E-state index contributed by atoms with van der Waals surface area (Å²) in [6, 6.07) is 6.93. The Morgan fingerprint density at radius 1 is 1.13 bits per heavy atom. The van der Waals surface area contributed by atoms with Crippen molar-refractivity contribution < 1.29 is 13.2 Å². The lowest BCUT2D eigenvalue weighted by Gasteiger charge is -2.21. The number of sulfonamides is 1. The van der Waals surface area contributed by atoms with Crippen LogP contribution in [-0.4, -0.2) is 38.9 Å². The lowest BCUT2D eigenvalue weighted by molar-refractivity contribution is -0.128. The van der Waals surface area contributed by atoms with Gasteiger partial charge in [0.25, 0.3) is 0 Å². The molecular weight excluding hydrogens is 312 g/mol. The van der Waals surface area contributed by atoms with Crippen molar-refractivity contribution >= 4 is 15.9 Å². The number of carbonyl (C=O) groups excluding carboxylic acids is 1. The Morgan fingerprint density at radius 3 is 2.13 bits per heavy atom. The second-order valence-electron chi connectivity index (χ2n) is 6.68. The maximum Gasteiger partial charge on any atom is 0.240 e. The highest BCUT2D eigenvalue weighted by Gasteiger charge is 2.17. The van der Waals surface area contributed by atoms with Crippen LogP contribution in [0, 0.1) is 0 Å². The van der Waals surface area contributed by atoms with Gasteiger partial charge in [-0.1, -0.05) is 39.8 Å². The van der Waals surface area contributed by atoms with Crippen LogP contribution in [-0.2, 0) is 20.2 Å². The molecule has 0 aliphatic carbocycles. The van der Waals surface area contributed by atoms with Gasteiger partial charge >= 0.3 is 0 Å². The van der Waals surface area contributed by atoms with Gasteiger partial charge in [-0.25, -0.2) is 13.1 Å². The van der Waals surface area contributed by atoms with Gasteiger partial charge in [0.2, 0.25) is 15.9 Å². The number of rotatable bonds is 7. The van der Waals surface area contributed by atoms with Crippen LogP contribution >= 0.6 is 0 Å². The van der Waals surface area contributed by atoms with Gasteiger partial charge in [-0.2, -0.15) is 0 Å². The number of amides is 1. The lowest BCUT2D eigenvalue weighted by Crippen LogP contribution is -2.37. The van der Waals surface area contributed by atoms with E-state index in [1.54, 1.807) is 17.0 Å². The Bertz CT molecular complexity index is 616. The van der Waals surface area contributed by atoms with Crippen LogP contribution in [0.25, 0.3) is 0 Å². The molecule has 0 aliphatic rings. The van der Waals surface area contributed by atoms with Crippen molar-refractivity contribution in [3.05, 3.63) is 29.8 Å². The van der Waals surface area contributed by atoms with E-state index in [1.165, 1.54) is 6.92 Å². The highest BCUT2D eigenvalue weighted by Crippen LogP contribution is 2.23. The molecule has 130 valence electrons. The van der Waals surface area contributed by atoms with Crippen LogP contribution in [0.4, 0.5) is 0 Å². The minimum atomic E-state index is -3.55. The molecule has 0 fully saturated rings. The number of hydrogen-bond donors (Lipinski definition) is 1. The molecule has 0 saturated carbocycles. The van der Waals surface area contributed by atoms with Crippen molar-refractivity contribution in [2.45, 2.75) is 51.3 Å². The number of hydrogen-bond acceptors (Lipinski definition) is 3. The average molecular weight is 340 g/mol. The number of nitrogens with zero attached hydrogens (tertiary/aromatic N) is 1. The summed E-state index contributed by atoms with van der Waals surface area (Å²) in [4.78, 5) is 13.3. The molecular formula is C17H28N2O3S. The first-order valence-electron chi connectivity index (χ1n) is 7.93. The third-order valence-corrected chi connectivity index (χ3v) is 5.12. The zero-order valence-electron chi connectivity index (χ0n) is 14.7. The standard InChI is InChI=1S/C17H28N2O3S/c1-6-12-19(14(2)20)13-11-18-23(21,22)16-9-7-15(8-10-16)17(3,4)5/h7-10,18H,6,11-13H2,1-5H3. The van der Waals surface area contributed by atoms with Gasteiger partial charge in [-0.05, 0) is 29.5 Å². The van der Waals surface area contributed by atoms with Crippen molar-refractivity contribution in [2.24, 2.45) is 0 Å². The number of nitrogens with one attached hydrogen (secondary N) is 1. The Hall–Kier alpha value is -1.40. The van der Waals surface area contributed by atoms with E-state index in [9.17, 15) is 13.2 Å². The molecule has 1 aromatic carbocycles. The van der Waals surface area contributed by atoms with E-state index in [2.05, 4.69) is 25.5 Å². The van der Waals surface area contributed by atoms with E-state index in [0.29, 0.717) is 13.1 Å². The van der Waals surface area contributed by atoms with Crippen LogP contribution in [0.15, 0.2) is 29.2 Å². The topological polar surface area (TPSA) is 66.5 Å². The first-order chi connectivity index (χ1) is 10.6. The summed E-state index contributed by atoms with van der Waals surface area (Å²) >= 11 is 0. The van der Waals surface area contributed by atoms with E-state index >= 15 is 0 Å². The monoisotopic (exact) mass is 340 g/mol. The Balaban J connectivity index is 2.71. The van der Waals surface area contributed by atoms with Crippen LogP contribution in [0.3, 0.4) is 0 Å². The third kappa shape index (κ3) is 5.95. The summed E-state index contributed by atoms with van der Waals surface area (Å²) in [5.74, 6) is -0.0411. The summed E-state index contributed by atoms with van der Waals surface area (Å²) < 4.78 is 27.1. The van der Waals surface area contributed by atoms with Gasteiger partial charge in [0.15, 0.2) is 0 Å². The Morgan fingerprint density at radius 2 is 1.70 bits per heavy atom. The van der Waals surface area contributed by atoms with Crippen molar-refractivity contribution in [3.8, 4) is 0 Å². The summed E-state index contributed by atoms with van der Waals surface area (Å²) in [5, 5.41) is 0. The predicted molar refractivity (Wildman–Crippen MR) is 92.9 cm³/mol. The molecule has 1 aromatic rings. The average Bonchev–Trinajstić information content (AvgIpc) is 2.45. The van der Waals surface area contributed by atoms with Crippen LogP contribution in [0.5, 0.6) is 0 Å². The molecule has 6 heteroatoms. The van der Waals surface area contributed by atoms with Crippen molar-refractivity contribution in [1.82, 2.24) is 9.62 Å². The van der Waals surface area contributed by atoms with Crippen molar-refractivity contribution in [2.75, 3.05) is 19.6 Å². The highest BCUT2D eigenvalue weighted by atomic mass is 32.2. The van der Waals surface area contributed by atoms with Gasteiger partial charge in [0.05, 0.1) is 4.90 Å². The van der Waals surface area contributed by atoms with Gasteiger partial charge in [0, 0.05) is 26.6 Å². The van der Waals surface area contributed by atoms with E-state index in [4.69, 9.17) is 0 Å². The lowest BCUT2D eigenvalue weighted by atomic mass is 9.87. The molecule has 0 bridgehead atoms. The Labute approximate surface area is 140 Å². The molecule has 0 unspecified atom stereocenters. The number of benzene rings is 1. The van der Waals surface area contributed by atoms with Crippen molar-refractivity contribution in [3.63, 3.8) is 0 Å². The molecule has 1 amide bonds. The number of carbonyl (C=O) groups is 1.